The monoisotopic (exact) mass is 425 g/mol. The maximum Gasteiger partial charge on any atom is 0.315 e. The van der Waals surface area contributed by atoms with Gasteiger partial charge in [-0.3, -0.25) is 9.59 Å². The van der Waals surface area contributed by atoms with E-state index in [1.54, 1.807) is 0 Å². The van der Waals surface area contributed by atoms with Crippen LogP contribution < -0.4 is 16.0 Å². The fourth-order valence-electron chi connectivity index (χ4n) is 4.12. The molecule has 2 aliphatic heterocycles. The van der Waals surface area contributed by atoms with Gasteiger partial charge in [0, 0.05) is 30.0 Å². The lowest BCUT2D eigenvalue weighted by Crippen LogP contribution is -2.44. The molecule has 7 nitrogen and oxygen atoms in total. The van der Waals surface area contributed by atoms with Crippen molar-refractivity contribution in [1.29, 1.82) is 0 Å². The summed E-state index contributed by atoms with van der Waals surface area (Å²) in [5.74, 6) is 0.128. The number of nitrogens with one attached hydrogen (secondary N) is 3. The molecule has 2 rings (SSSR count). The Morgan fingerprint density at radius 3 is 2.52 bits per heavy atom. The van der Waals surface area contributed by atoms with Crippen molar-refractivity contribution in [3.8, 4) is 0 Å². The number of amides is 3. The zero-order chi connectivity index (χ0) is 21.1. The Labute approximate surface area is 177 Å². The normalized spacial score (nSPS) is 25.3. The lowest BCUT2D eigenvalue weighted by atomic mass is 9.77. The SMILES string of the molecule is CCCCNC(=O)NCC(=O)NC[C@H]1[C@@H](C/C=C\CCCC(=O)O)[C@H]2CC[C@@H]1S2. The molecule has 2 saturated heterocycles. The number of hydrogen-bond acceptors (Lipinski definition) is 4. The molecule has 0 spiro atoms. The maximum absolute atomic E-state index is 12.1. The highest BCUT2D eigenvalue weighted by atomic mass is 32.2. The molecule has 0 aromatic carbocycles. The van der Waals surface area contributed by atoms with Gasteiger partial charge in [-0.1, -0.05) is 25.5 Å². The Morgan fingerprint density at radius 1 is 1.03 bits per heavy atom. The summed E-state index contributed by atoms with van der Waals surface area (Å²) in [6.07, 6.45) is 11.4. The van der Waals surface area contributed by atoms with Gasteiger partial charge in [0.1, 0.15) is 0 Å². The van der Waals surface area contributed by atoms with Crippen LogP contribution in [0.25, 0.3) is 0 Å². The summed E-state index contributed by atoms with van der Waals surface area (Å²) in [7, 11) is 0. The maximum atomic E-state index is 12.1. The molecular weight excluding hydrogens is 390 g/mol. The number of carbonyl (C=O) groups excluding carboxylic acids is 2. The third-order valence-corrected chi connectivity index (χ3v) is 7.56. The Hall–Kier alpha value is -1.70. The van der Waals surface area contributed by atoms with Gasteiger partial charge in [0.15, 0.2) is 0 Å². The number of aliphatic carboxylic acids is 1. The third-order valence-electron chi connectivity index (χ3n) is 5.69. The molecule has 4 atom stereocenters. The van der Waals surface area contributed by atoms with Gasteiger partial charge in [0.05, 0.1) is 6.54 Å². The highest BCUT2D eigenvalue weighted by Gasteiger charge is 2.47. The number of fused-ring (bicyclic) bond motifs is 2. The van der Waals surface area contributed by atoms with Gasteiger partial charge in [-0.25, -0.2) is 4.79 Å². The molecule has 4 N–H and O–H groups in total. The minimum absolute atomic E-state index is 0.0000627. The fraction of sp³-hybridized carbons (Fsp3) is 0.762. The van der Waals surface area contributed by atoms with E-state index in [1.807, 2.05) is 0 Å². The van der Waals surface area contributed by atoms with Crippen LogP contribution in [0.2, 0.25) is 0 Å². The molecule has 2 aliphatic rings. The first-order valence-corrected chi connectivity index (χ1v) is 11.8. The number of carboxylic acid groups (broad SMARTS) is 1. The standard InChI is InChI=1S/C21H35N3O4S/c1-2-3-12-22-21(28)24-14-19(25)23-13-16-15(17-10-11-18(16)29-17)8-6-4-5-7-9-20(26)27/h4,6,15-18H,2-3,5,7-14H2,1H3,(H,23,25)(H,26,27)(H2,22,24,28)/b6-4-/t15-,16+,17-,18+/m1/s1. The van der Waals surface area contributed by atoms with Gasteiger partial charge >= 0.3 is 12.0 Å². The van der Waals surface area contributed by atoms with Crippen LogP contribution in [0.4, 0.5) is 4.79 Å². The smallest absolute Gasteiger partial charge is 0.315 e. The molecule has 0 aromatic heterocycles. The second-order valence-electron chi connectivity index (χ2n) is 7.88. The van der Waals surface area contributed by atoms with Crippen LogP contribution in [0.1, 0.15) is 58.3 Å². The molecule has 0 saturated carbocycles. The van der Waals surface area contributed by atoms with Crippen LogP contribution in [0.5, 0.6) is 0 Å². The molecule has 164 valence electrons. The van der Waals surface area contributed by atoms with Gasteiger partial charge in [-0.15, -0.1) is 0 Å². The number of allylic oxidation sites excluding steroid dienone is 2. The average molecular weight is 426 g/mol. The Morgan fingerprint density at radius 2 is 1.79 bits per heavy atom. The van der Waals surface area contributed by atoms with Crippen LogP contribution >= 0.6 is 11.8 Å². The van der Waals surface area contributed by atoms with Crippen molar-refractivity contribution in [3.63, 3.8) is 0 Å². The van der Waals surface area contributed by atoms with E-state index in [4.69, 9.17) is 5.11 Å². The highest BCUT2D eigenvalue weighted by Crippen LogP contribution is 2.54. The van der Waals surface area contributed by atoms with Gasteiger partial charge in [0.2, 0.25) is 5.91 Å². The number of carboxylic acids is 1. The van der Waals surface area contributed by atoms with Crippen molar-refractivity contribution < 1.29 is 19.5 Å². The van der Waals surface area contributed by atoms with Crippen LogP contribution in [0.3, 0.4) is 0 Å². The molecule has 2 bridgehead atoms. The lowest BCUT2D eigenvalue weighted by Gasteiger charge is -2.29. The van der Waals surface area contributed by atoms with Crippen LogP contribution in [0.15, 0.2) is 12.2 Å². The molecular formula is C21H35N3O4S. The van der Waals surface area contributed by atoms with E-state index in [2.05, 4.69) is 46.8 Å². The van der Waals surface area contributed by atoms with E-state index in [9.17, 15) is 14.4 Å². The third kappa shape index (κ3) is 8.28. The van der Waals surface area contributed by atoms with Crippen molar-refractivity contribution in [3.05, 3.63) is 12.2 Å². The van der Waals surface area contributed by atoms with Crippen LogP contribution in [0, 0.1) is 11.8 Å². The quantitative estimate of drug-likeness (QED) is 0.268. The van der Waals surface area contributed by atoms with E-state index in [0.717, 1.165) is 25.7 Å². The highest BCUT2D eigenvalue weighted by molar-refractivity contribution is 8.01. The number of unbranched alkanes of at least 4 members (excludes halogenated alkanes) is 2. The van der Waals surface area contributed by atoms with Crippen molar-refractivity contribution in [1.82, 2.24) is 16.0 Å². The zero-order valence-electron chi connectivity index (χ0n) is 17.3. The molecule has 0 unspecified atom stereocenters. The average Bonchev–Trinajstić information content (AvgIpc) is 3.29. The summed E-state index contributed by atoms with van der Waals surface area (Å²) >= 11 is 2.06. The summed E-state index contributed by atoms with van der Waals surface area (Å²) in [5, 5.41) is 18.3. The van der Waals surface area contributed by atoms with Gasteiger partial charge in [0.25, 0.3) is 0 Å². The van der Waals surface area contributed by atoms with E-state index < -0.39 is 5.97 Å². The first-order valence-electron chi connectivity index (χ1n) is 10.8. The Bertz CT molecular complexity index is 584. The minimum atomic E-state index is -0.744. The summed E-state index contributed by atoms with van der Waals surface area (Å²) in [6, 6.07) is -0.296. The number of thioether (sulfide) groups is 1. The lowest BCUT2D eigenvalue weighted by molar-refractivity contribution is -0.137. The number of hydrogen-bond donors (Lipinski definition) is 4. The molecule has 0 aromatic rings. The Kier molecular flexibility index (Phi) is 10.4. The number of carbonyl (C=O) groups is 3. The van der Waals surface area contributed by atoms with Gasteiger partial charge in [-0.05, 0) is 50.4 Å². The Balaban J connectivity index is 1.68. The van der Waals surface area contributed by atoms with Gasteiger partial charge in [-0.2, -0.15) is 11.8 Å². The molecule has 2 heterocycles. The molecule has 2 fully saturated rings. The van der Waals surface area contributed by atoms with Crippen LogP contribution in [-0.4, -0.2) is 53.1 Å². The molecule has 3 amide bonds. The molecule has 8 heteroatoms. The predicted molar refractivity (Wildman–Crippen MR) is 116 cm³/mol. The first kappa shape index (κ1) is 23.6. The summed E-state index contributed by atoms with van der Waals surface area (Å²) in [6.45, 7) is 3.34. The van der Waals surface area contributed by atoms with Crippen LogP contribution in [-0.2, 0) is 9.59 Å². The van der Waals surface area contributed by atoms with E-state index in [0.29, 0.717) is 41.8 Å². The second-order valence-corrected chi connectivity index (χ2v) is 9.36. The predicted octanol–water partition coefficient (Wildman–Crippen LogP) is 2.91. The van der Waals surface area contributed by atoms with Crippen molar-refractivity contribution in [2.24, 2.45) is 11.8 Å². The second kappa shape index (κ2) is 12.8. The molecule has 0 aliphatic carbocycles. The van der Waals surface area contributed by atoms with Crippen molar-refractivity contribution >= 4 is 29.7 Å². The van der Waals surface area contributed by atoms with Crippen molar-refractivity contribution in [2.45, 2.75) is 68.8 Å². The van der Waals surface area contributed by atoms with Gasteiger partial charge < -0.3 is 21.1 Å². The number of rotatable bonds is 13. The fourth-order valence-corrected chi connectivity index (χ4v) is 6.13. The van der Waals surface area contributed by atoms with E-state index >= 15 is 0 Å². The summed E-state index contributed by atoms with van der Waals surface area (Å²) < 4.78 is 0. The summed E-state index contributed by atoms with van der Waals surface area (Å²) in [4.78, 5) is 34.3. The number of urea groups is 1. The topological polar surface area (TPSA) is 108 Å². The molecule has 0 radical (unpaired) electrons. The van der Waals surface area contributed by atoms with E-state index in [-0.39, 0.29) is 24.9 Å². The first-order chi connectivity index (χ1) is 14.0. The zero-order valence-corrected chi connectivity index (χ0v) is 18.1. The minimum Gasteiger partial charge on any atom is -0.481 e. The molecule has 29 heavy (non-hydrogen) atoms. The van der Waals surface area contributed by atoms with E-state index in [1.165, 1.54) is 12.8 Å². The van der Waals surface area contributed by atoms with Crippen molar-refractivity contribution in [2.75, 3.05) is 19.6 Å². The largest absolute Gasteiger partial charge is 0.481 e. The summed E-state index contributed by atoms with van der Waals surface area (Å²) in [5.41, 5.74) is 0.